The molecule has 0 aliphatic rings. The fourth-order valence-electron chi connectivity index (χ4n) is 3.33. The van der Waals surface area contributed by atoms with Crippen molar-refractivity contribution >= 4 is 16.6 Å². The fourth-order valence-corrected chi connectivity index (χ4v) is 3.33. The first-order chi connectivity index (χ1) is 12.9. The molecule has 0 spiro atoms. The van der Waals surface area contributed by atoms with Crippen LogP contribution in [0.15, 0.2) is 59.7 Å². The predicted molar refractivity (Wildman–Crippen MR) is 115 cm³/mol. The predicted octanol–water partition coefficient (Wildman–Crippen LogP) is 6.15. The molecule has 142 valence electrons. The Kier molecular flexibility index (Phi) is 5.69. The van der Waals surface area contributed by atoms with E-state index >= 15 is 0 Å². The smallest absolute Gasteiger partial charge is 0.138 e. The van der Waals surface area contributed by atoms with Crippen molar-refractivity contribution in [3.8, 4) is 5.75 Å². The largest absolute Gasteiger partial charge is 0.487 e. The van der Waals surface area contributed by atoms with E-state index in [4.69, 9.17) is 9.73 Å². The molecule has 0 bridgehead atoms. The van der Waals surface area contributed by atoms with Gasteiger partial charge in [-0.3, -0.25) is 4.99 Å². The summed E-state index contributed by atoms with van der Waals surface area (Å²) in [5.41, 5.74) is 4.46. The Morgan fingerprint density at radius 2 is 1.78 bits per heavy atom. The molecule has 0 aliphatic carbocycles. The molecule has 0 N–H and O–H groups in total. The SMILES string of the molecule is CCC/C(=N\C(C)(C)C)c1ccc2c(ccn2C)c1OCc1ccccc1. The van der Waals surface area contributed by atoms with E-state index in [1.54, 1.807) is 0 Å². The van der Waals surface area contributed by atoms with Crippen molar-refractivity contribution in [3.63, 3.8) is 0 Å². The third kappa shape index (κ3) is 4.60. The molecule has 0 aliphatic heterocycles. The molecular weight excluding hydrogens is 332 g/mol. The topological polar surface area (TPSA) is 26.5 Å². The molecule has 0 radical (unpaired) electrons. The minimum absolute atomic E-state index is 0.118. The van der Waals surface area contributed by atoms with Gasteiger partial charge in [-0.1, -0.05) is 43.7 Å². The Labute approximate surface area is 162 Å². The number of hydrogen-bond acceptors (Lipinski definition) is 2. The van der Waals surface area contributed by atoms with Gasteiger partial charge in [0.15, 0.2) is 0 Å². The van der Waals surface area contributed by atoms with Gasteiger partial charge < -0.3 is 9.30 Å². The van der Waals surface area contributed by atoms with Crippen LogP contribution in [0.3, 0.4) is 0 Å². The summed E-state index contributed by atoms with van der Waals surface area (Å²) in [4.78, 5) is 5.03. The molecule has 3 aromatic rings. The second kappa shape index (κ2) is 7.99. The lowest BCUT2D eigenvalue weighted by atomic mass is 10.0. The summed E-state index contributed by atoms with van der Waals surface area (Å²) >= 11 is 0. The van der Waals surface area contributed by atoms with E-state index < -0.39 is 0 Å². The highest BCUT2D eigenvalue weighted by Gasteiger charge is 2.18. The summed E-state index contributed by atoms with van der Waals surface area (Å²) in [7, 11) is 2.07. The zero-order valence-corrected chi connectivity index (χ0v) is 17.1. The highest BCUT2D eigenvalue weighted by atomic mass is 16.5. The number of aromatic nitrogens is 1. The van der Waals surface area contributed by atoms with Crippen LogP contribution in [0, 0.1) is 0 Å². The Bertz CT molecular complexity index is 930. The van der Waals surface area contributed by atoms with Crippen LogP contribution < -0.4 is 4.74 Å². The molecule has 27 heavy (non-hydrogen) atoms. The number of hydrogen-bond donors (Lipinski definition) is 0. The first-order valence-corrected chi connectivity index (χ1v) is 9.73. The standard InChI is InChI=1S/C24H30N2O/c1-6-10-21(25-24(2,3)4)19-13-14-22-20(15-16-26(22)5)23(19)27-17-18-11-8-7-9-12-18/h7-9,11-16H,6,10,17H2,1-5H3/b25-21+. The minimum Gasteiger partial charge on any atom is -0.487 e. The number of nitrogens with zero attached hydrogens (tertiary/aromatic N) is 2. The maximum atomic E-state index is 6.40. The zero-order chi connectivity index (χ0) is 19.4. The lowest BCUT2D eigenvalue weighted by Gasteiger charge is -2.19. The lowest BCUT2D eigenvalue weighted by Crippen LogP contribution is -2.16. The Hall–Kier alpha value is -2.55. The Balaban J connectivity index is 2.09. The van der Waals surface area contributed by atoms with Crippen LogP contribution >= 0.6 is 0 Å². The molecular formula is C24H30N2O. The highest BCUT2D eigenvalue weighted by Crippen LogP contribution is 2.33. The number of benzene rings is 2. The molecule has 0 saturated heterocycles. The maximum absolute atomic E-state index is 6.40. The number of ether oxygens (including phenoxy) is 1. The van der Waals surface area contributed by atoms with Gasteiger partial charge in [0.2, 0.25) is 0 Å². The van der Waals surface area contributed by atoms with Crippen LogP contribution in [-0.2, 0) is 13.7 Å². The fraction of sp³-hybridized carbons (Fsp3) is 0.375. The number of aliphatic imine (C=N–C) groups is 1. The molecule has 0 saturated carbocycles. The van der Waals surface area contributed by atoms with Gasteiger partial charge >= 0.3 is 0 Å². The summed E-state index contributed by atoms with van der Waals surface area (Å²) < 4.78 is 8.53. The van der Waals surface area contributed by atoms with Gasteiger partial charge in [-0.15, -0.1) is 0 Å². The molecule has 0 unspecified atom stereocenters. The minimum atomic E-state index is -0.118. The Morgan fingerprint density at radius 1 is 1.04 bits per heavy atom. The summed E-state index contributed by atoms with van der Waals surface area (Å²) in [5.74, 6) is 0.938. The number of fused-ring (bicyclic) bond motifs is 1. The number of aryl methyl sites for hydroxylation is 1. The third-order valence-corrected chi connectivity index (χ3v) is 4.51. The van der Waals surface area contributed by atoms with E-state index in [9.17, 15) is 0 Å². The van der Waals surface area contributed by atoms with E-state index in [1.165, 1.54) is 11.1 Å². The third-order valence-electron chi connectivity index (χ3n) is 4.51. The van der Waals surface area contributed by atoms with E-state index in [1.807, 2.05) is 18.2 Å². The molecule has 3 nitrogen and oxygen atoms in total. The van der Waals surface area contributed by atoms with Crippen LogP contribution in [0.2, 0.25) is 0 Å². The molecule has 0 amide bonds. The normalized spacial score (nSPS) is 12.6. The highest BCUT2D eigenvalue weighted by molar-refractivity contribution is 6.07. The average molecular weight is 363 g/mol. The van der Waals surface area contributed by atoms with Crippen LogP contribution in [0.1, 0.15) is 51.7 Å². The molecule has 0 atom stereocenters. The van der Waals surface area contributed by atoms with E-state index in [2.05, 4.69) is 75.8 Å². The summed E-state index contributed by atoms with van der Waals surface area (Å²) in [6, 6.07) is 16.8. The average Bonchev–Trinajstić information content (AvgIpc) is 3.00. The van der Waals surface area contributed by atoms with Gasteiger partial charge in [-0.05, 0) is 51.0 Å². The summed E-state index contributed by atoms with van der Waals surface area (Å²) in [6.45, 7) is 9.19. The lowest BCUT2D eigenvalue weighted by molar-refractivity contribution is 0.309. The summed E-state index contributed by atoms with van der Waals surface area (Å²) in [6.07, 6.45) is 4.08. The van der Waals surface area contributed by atoms with Crippen LogP contribution in [0.5, 0.6) is 5.75 Å². The molecule has 2 aromatic carbocycles. The quantitative estimate of drug-likeness (QED) is 0.483. The number of rotatable bonds is 6. The molecule has 1 aromatic heterocycles. The van der Waals surface area contributed by atoms with Gasteiger partial charge in [0.05, 0.1) is 11.1 Å². The second-order valence-electron chi connectivity index (χ2n) is 8.06. The van der Waals surface area contributed by atoms with E-state index in [0.29, 0.717) is 6.61 Å². The van der Waals surface area contributed by atoms with Crippen LogP contribution in [0.4, 0.5) is 0 Å². The van der Waals surface area contributed by atoms with Gasteiger partial charge in [-0.2, -0.15) is 0 Å². The summed E-state index contributed by atoms with van der Waals surface area (Å²) in [5, 5.41) is 1.14. The first kappa shape index (κ1) is 19.2. The van der Waals surface area contributed by atoms with Gasteiger partial charge in [0, 0.05) is 29.9 Å². The van der Waals surface area contributed by atoms with Gasteiger partial charge in [0.1, 0.15) is 12.4 Å². The molecule has 0 fully saturated rings. The van der Waals surface area contributed by atoms with Crippen LogP contribution in [-0.4, -0.2) is 15.8 Å². The first-order valence-electron chi connectivity index (χ1n) is 9.73. The maximum Gasteiger partial charge on any atom is 0.138 e. The van der Waals surface area contributed by atoms with Crippen molar-refractivity contribution < 1.29 is 4.74 Å². The van der Waals surface area contributed by atoms with E-state index in [0.717, 1.165) is 35.3 Å². The second-order valence-corrected chi connectivity index (χ2v) is 8.06. The monoisotopic (exact) mass is 362 g/mol. The molecule has 1 heterocycles. The van der Waals surface area contributed by atoms with Gasteiger partial charge in [0.25, 0.3) is 0 Å². The van der Waals surface area contributed by atoms with Crippen molar-refractivity contribution in [2.75, 3.05) is 0 Å². The zero-order valence-electron chi connectivity index (χ0n) is 17.1. The van der Waals surface area contributed by atoms with Crippen molar-refractivity contribution in [2.45, 2.75) is 52.7 Å². The molecule has 3 rings (SSSR count). The van der Waals surface area contributed by atoms with Gasteiger partial charge in [-0.25, -0.2) is 0 Å². The van der Waals surface area contributed by atoms with E-state index in [-0.39, 0.29) is 5.54 Å². The van der Waals surface area contributed by atoms with Crippen molar-refractivity contribution in [3.05, 3.63) is 65.9 Å². The Morgan fingerprint density at radius 3 is 2.44 bits per heavy atom. The van der Waals surface area contributed by atoms with Crippen LogP contribution in [0.25, 0.3) is 10.9 Å². The molecule has 3 heteroatoms. The van der Waals surface area contributed by atoms with Crippen molar-refractivity contribution in [2.24, 2.45) is 12.0 Å². The van der Waals surface area contributed by atoms with Crippen molar-refractivity contribution in [1.82, 2.24) is 4.57 Å². The van der Waals surface area contributed by atoms with Crippen molar-refractivity contribution in [1.29, 1.82) is 0 Å².